The zero-order chi connectivity index (χ0) is 20.6. The van der Waals surface area contributed by atoms with Gasteiger partial charge in [-0.3, -0.25) is 14.4 Å². The Balaban J connectivity index is 1.48. The minimum Gasteiger partial charge on any atom is -0.356 e. The summed E-state index contributed by atoms with van der Waals surface area (Å²) in [6.07, 6.45) is 8.72. The van der Waals surface area contributed by atoms with Crippen molar-refractivity contribution in [2.45, 2.75) is 71.1 Å². The summed E-state index contributed by atoms with van der Waals surface area (Å²) in [7, 11) is 0. The van der Waals surface area contributed by atoms with Gasteiger partial charge in [0.05, 0.1) is 5.92 Å². The van der Waals surface area contributed by atoms with Crippen LogP contribution in [0.2, 0.25) is 0 Å². The lowest BCUT2D eigenvalue weighted by atomic mass is 9.89. The molecule has 2 amide bonds. The fourth-order valence-corrected chi connectivity index (χ4v) is 4.38. The highest BCUT2D eigenvalue weighted by atomic mass is 16.2. The number of hydrogen-bond donors (Lipinski definition) is 1. The molecule has 1 aliphatic heterocycles. The summed E-state index contributed by atoms with van der Waals surface area (Å²) in [5.74, 6) is -0.0399. The van der Waals surface area contributed by atoms with Gasteiger partial charge in [-0.15, -0.1) is 0 Å². The molecule has 1 aromatic rings. The zero-order valence-electron chi connectivity index (χ0n) is 17.7. The van der Waals surface area contributed by atoms with E-state index >= 15 is 0 Å². The molecule has 1 atom stereocenters. The summed E-state index contributed by atoms with van der Waals surface area (Å²) in [4.78, 5) is 39.3. The van der Waals surface area contributed by atoms with Crippen molar-refractivity contribution >= 4 is 17.6 Å². The van der Waals surface area contributed by atoms with E-state index in [0.29, 0.717) is 19.6 Å². The molecule has 1 fully saturated rings. The molecule has 0 aromatic heterocycles. The minimum atomic E-state index is -0.124. The molecule has 0 spiro atoms. The number of amides is 2. The maximum atomic E-state index is 12.6. The van der Waals surface area contributed by atoms with E-state index in [2.05, 4.69) is 18.3 Å². The molecule has 0 radical (unpaired) electrons. The lowest BCUT2D eigenvalue weighted by Gasteiger charge is -2.32. The first-order chi connectivity index (χ1) is 14.1. The number of rotatable bonds is 8. The third-order valence-electron chi connectivity index (χ3n) is 6.21. The summed E-state index contributed by atoms with van der Waals surface area (Å²) in [5.41, 5.74) is 3.38. The number of carbonyl (C=O) groups is 3. The van der Waals surface area contributed by atoms with Crippen LogP contribution in [-0.2, 0) is 22.4 Å². The van der Waals surface area contributed by atoms with Crippen molar-refractivity contribution in [3.8, 4) is 0 Å². The first-order valence-electron chi connectivity index (χ1n) is 11.3. The predicted molar refractivity (Wildman–Crippen MR) is 114 cm³/mol. The smallest absolute Gasteiger partial charge is 0.224 e. The SMILES string of the molecule is CCCCNC(=O)C1CCCN(C(=O)CCC(=O)c2ccc3c(c2)CCCC3)C1. The molecule has 29 heavy (non-hydrogen) atoms. The Hall–Kier alpha value is -2.17. The predicted octanol–water partition coefficient (Wildman–Crippen LogP) is 3.68. The number of carbonyl (C=O) groups excluding carboxylic acids is 3. The topological polar surface area (TPSA) is 66.5 Å². The molecule has 1 aliphatic carbocycles. The molecular weight excluding hydrogens is 364 g/mol. The maximum absolute atomic E-state index is 12.6. The van der Waals surface area contributed by atoms with Crippen molar-refractivity contribution in [2.75, 3.05) is 19.6 Å². The first kappa shape index (κ1) is 21.5. The van der Waals surface area contributed by atoms with Gasteiger partial charge in [0.1, 0.15) is 0 Å². The van der Waals surface area contributed by atoms with E-state index < -0.39 is 0 Å². The Bertz CT molecular complexity index is 744. The molecule has 1 aromatic carbocycles. The van der Waals surface area contributed by atoms with Crippen LogP contribution in [0.25, 0.3) is 0 Å². The van der Waals surface area contributed by atoms with Crippen LogP contribution in [0.3, 0.4) is 0 Å². The van der Waals surface area contributed by atoms with Gasteiger partial charge in [0.2, 0.25) is 11.8 Å². The zero-order valence-corrected chi connectivity index (χ0v) is 17.7. The Morgan fingerprint density at radius 1 is 1.07 bits per heavy atom. The molecule has 0 saturated carbocycles. The van der Waals surface area contributed by atoms with E-state index in [1.807, 2.05) is 12.1 Å². The first-order valence-corrected chi connectivity index (χ1v) is 11.3. The summed E-state index contributed by atoms with van der Waals surface area (Å²) >= 11 is 0. The van der Waals surface area contributed by atoms with Crippen LogP contribution >= 0.6 is 0 Å². The van der Waals surface area contributed by atoms with E-state index in [9.17, 15) is 14.4 Å². The molecular formula is C24H34N2O3. The van der Waals surface area contributed by atoms with Gasteiger partial charge in [-0.2, -0.15) is 0 Å². The molecule has 1 N–H and O–H groups in total. The van der Waals surface area contributed by atoms with Gasteiger partial charge in [-0.05, 0) is 62.1 Å². The van der Waals surface area contributed by atoms with Crippen molar-refractivity contribution in [2.24, 2.45) is 5.92 Å². The Labute approximate surface area is 174 Å². The summed E-state index contributed by atoms with van der Waals surface area (Å²) in [5, 5.41) is 2.98. The third kappa shape index (κ3) is 5.91. The van der Waals surface area contributed by atoms with Gasteiger partial charge in [0, 0.05) is 38.0 Å². The number of likely N-dealkylation sites (tertiary alicyclic amines) is 1. The van der Waals surface area contributed by atoms with E-state index in [-0.39, 0.29) is 36.4 Å². The monoisotopic (exact) mass is 398 g/mol. The van der Waals surface area contributed by atoms with E-state index in [4.69, 9.17) is 0 Å². The number of nitrogens with zero attached hydrogens (tertiary/aromatic N) is 1. The van der Waals surface area contributed by atoms with Crippen LogP contribution < -0.4 is 5.32 Å². The number of unbranched alkanes of at least 4 members (excludes halogenated alkanes) is 1. The van der Waals surface area contributed by atoms with Crippen LogP contribution in [0.5, 0.6) is 0 Å². The van der Waals surface area contributed by atoms with E-state index in [1.54, 1.807) is 4.90 Å². The molecule has 1 unspecified atom stereocenters. The number of hydrogen-bond acceptors (Lipinski definition) is 3. The Kier molecular flexibility index (Phi) is 7.84. The lowest BCUT2D eigenvalue weighted by Crippen LogP contribution is -2.45. The van der Waals surface area contributed by atoms with Gasteiger partial charge in [0.15, 0.2) is 5.78 Å². The highest BCUT2D eigenvalue weighted by molar-refractivity contribution is 5.98. The van der Waals surface area contributed by atoms with Crippen LogP contribution in [-0.4, -0.2) is 42.1 Å². The fourth-order valence-electron chi connectivity index (χ4n) is 4.38. The summed E-state index contributed by atoms with van der Waals surface area (Å²) in [6, 6.07) is 6.02. The highest BCUT2D eigenvalue weighted by Crippen LogP contribution is 2.23. The molecule has 5 nitrogen and oxygen atoms in total. The maximum Gasteiger partial charge on any atom is 0.224 e. The second-order valence-electron chi connectivity index (χ2n) is 8.44. The van der Waals surface area contributed by atoms with Crippen LogP contribution in [0.1, 0.15) is 79.8 Å². The molecule has 1 heterocycles. The second-order valence-corrected chi connectivity index (χ2v) is 8.44. The third-order valence-corrected chi connectivity index (χ3v) is 6.21. The highest BCUT2D eigenvalue weighted by Gasteiger charge is 2.28. The van der Waals surface area contributed by atoms with Gasteiger partial charge in [-0.25, -0.2) is 0 Å². The number of nitrogens with one attached hydrogen (secondary N) is 1. The van der Waals surface area contributed by atoms with Gasteiger partial charge >= 0.3 is 0 Å². The van der Waals surface area contributed by atoms with Crippen LogP contribution in [0.4, 0.5) is 0 Å². The molecule has 0 bridgehead atoms. The Morgan fingerprint density at radius 3 is 2.66 bits per heavy atom. The second kappa shape index (κ2) is 10.6. The normalized spacial score (nSPS) is 18.8. The van der Waals surface area contributed by atoms with Gasteiger partial charge in [0.25, 0.3) is 0 Å². The van der Waals surface area contributed by atoms with Gasteiger partial charge in [-0.1, -0.05) is 25.5 Å². The van der Waals surface area contributed by atoms with Crippen molar-refractivity contribution in [3.63, 3.8) is 0 Å². The number of aryl methyl sites for hydroxylation is 2. The van der Waals surface area contributed by atoms with Crippen molar-refractivity contribution < 1.29 is 14.4 Å². The van der Waals surface area contributed by atoms with Crippen molar-refractivity contribution in [1.29, 1.82) is 0 Å². The molecule has 3 rings (SSSR count). The Morgan fingerprint density at radius 2 is 1.86 bits per heavy atom. The minimum absolute atomic E-state index is 0.0117. The number of Topliss-reactive ketones (excluding diaryl/α,β-unsaturated/α-hetero) is 1. The van der Waals surface area contributed by atoms with E-state index in [0.717, 1.165) is 44.1 Å². The van der Waals surface area contributed by atoms with Crippen molar-refractivity contribution in [1.82, 2.24) is 10.2 Å². The number of ketones is 1. The largest absolute Gasteiger partial charge is 0.356 e. The van der Waals surface area contributed by atoms with Crippen molar-refractivity contribution in [3.05, 3.63) is 34.9 Å². The van der Waals surface area contributed by atoms with Crippen LogP contribution in [0, 0.1) is 5.92 Å². The fraction of sp³-hybridized carbons (Fsp3) is 0.625. The quantitative estimate of drug-likeness (QED) is 0.536. The molecule has 158 valence electrons. The standard InChI is InChI=1S/C24H34N2O3/c1-2-3-14-25-24(29)21-9-6-15-26(17-21)23(28)13-12-22(27)20-11-10-18-7-4-5-8-19(18)16-20/h10-11,16,21H,2-9,12-15,17H2,1H3,(H,25,29). The average molecular weight is 399 g/mol. The number of benzene rings is 1. The van der Waals surface area contributed by atoms with Gasteiger partial charge < -0.3 is 10.2 Å². The lowest BCUT2D eigenvalue weighted by molar-refractivity contribution is -0.135. The summed E-state index contributed by atoms with van der Waals surface area (Å²) in [6.45, 7) is 3.96. The van der Waals surface area contributed by atoms with Crippen LogP contribution in [0.15, 0.2) is 18.2 Å². The summed E-state index contributed by atoms with van der Waals surface area (Å²) < 4.78 is 0. The molecule has 5 heteroatoms. The van der Waals surface area contributed by atoms with E-state index in [1.165, 1.54) is 24.0 Å². The molecule has 1 saturated heterocycles. The molecule has 2 aliphatic rings. The average Bonchev–Trinajstić information content (AvgIpc) is 2.77. The number of piperidine rings is 1. The number of fused-ring (bicyclic) bond motifs is 1.